The van der Waals surface area contributed by atoms with Crippen molar-refractivity contribution in [2.45, 2.75) is 26.4 Å². The van der Waals surface area contributed by atoms with Crippen molar-refractivity contribution >= 4 is 23.7 Å². The maximum Gasteiger partial charge on any atom is 0.240 e. The Morgan fingerprint density at radius 3 is 2.34 bits per heavy atom. The van der Waals surface area contributed by atoms with Crippen LogP contribution in [-0.2, 0) is 16.2 Å². The minimum absolute atomic E-state index is 0.00971. The van der Waals surface area contributed by atoms with E-state index in [0.717, 1.165) is 11.1 Å². The zero-order chi connectivity index (χ0) is 24.9. The molecule has 0 saturated carbocycles. The number of ether oxygens (including phenoxy) is 3. The fraction of sp³-hybridized carbons (Fsp3) is 0.222. The van der Waals surface area contributed by atoms with E-state index in [1.165, 1.54) is 6.21 Å². The van der Waals surface area contributed by atoms with E-state index in [2.05, 4.69) is 15.8 Å². The molecule has 3 rings (SSSR count). The summed E-state index contributed by atoms with van der Waals surface area (Å²) in [7, 11) is 1.57. The second-order valence-corrected chi connectivity index (χ2v) is 7.48. The van der Waals surface area contributed by atoms with Crippen LogP contribution in [0, 0.1) is 0 Å². The maximum absolute atomic E-state index is 12.1. The van der Waals surface area contributed by atoms with Crippen LogP contribution in [-0.4, -0.2) is 31.7 Å². The quantitative estimate of drug-likeness (QED) is 0.296. The summed E-state index contributed by atoms with van der Waals surface area (Å²) in [6, 6.07) is 22.2. The van der Waals surface area contributed by atoms with Crippen molar-refractivity contribution in [3.63, 3.8) is 0 Å². The van der Waals surface area contributed by atoms with Gasteiger partial charge in [-0.3, -0.25) is 9.59 Å². The Kier molecular flexibility index (Phi) is 9.68. The van der Waals surface area contributed by atoms with Crippen molar-refractivity contribution in [3.8, 4) is 17.2 Å². The molecule has 182 valence electrons. The van der Waals surface area contributed by atoms with Gasteiger partial charge in [0.2, 0.25) is 11.8 Å². The Morgan fingerprint density at radius 1 is 0.886 bits per heavy atom. The van der Waals surface area contributed by atoms with Crippen LogP contribution in [0.15, 0.2) is 77.9 Å². The first kappa shape index (κ1) is 25.3. The Labute approximate surface area is 204 Å². The first-order chi connectivity index (χ1) is 17.1. The number of hydrazone groups is 1. The number of nitrogens with zero attached hydrogens (tertiary/aromatic N) is 1. The lowest BCUT2D eigenvalue weighted by Gasteiger charge is -2.12. The van der Waals surface area contributed by atoms with Gasteiger partial charge in [-0.1, -0.05) is 30.3 Å². The van der Waals surface area contributed by atoms with Gasteiger partial charge in [-0.05, 0) is 60.5 Å². The number of hydrogen-bond acceptors (Lipinski definition) is 6. The van der Waals surface area contributed by atoms with Crippen LogP contribution in [0.2, 0.25) is 0 Å². The third kappa shape index (κ3) is 8.51. The van der Waals surface area contributed by atoms with Crippen molar-refractivity contribution in [3.05, 3.63) is 83.9 Å². The molecule has 0 fully saturated rings. The van der Waals surface area contributed by atoms with Crippen LogP contribution < -0.4 is 25.0 Å². The standard InChI is InChI=1S/C27H29N3O5/c1-3-34-25-17-21(9-14-24(25)35-19-20-7-5-4-6-8-20)18-28-30-27(32)16-15-26(31)29-22-10-12-23(33-2)13-11-22/h4-14,17-18H,3,15-16,19H2,1-2H3,(H,29,31)(H,30,32). The van der Waals surface area contributed by atoms with Gasteiger partial charge in [0, 0.05) is 18.5 Å². The molecule has 8 heteroatoms. The number of anilines is 1. The fourth-order valence-electron chi connectivity index (χ4n) is 3.09. The van der Waals surface area contributed by atoms with Gasteiger partial charge < -0.3 is 19.5 Å². The molecule has 0 atom stereocenters. The molecular weight excluding hydrogens is 446 g/mol. The highest BCUT2D eigenvalue weighted by atomic mass is 16.5. The number of rotatable bonds is 12. The van der Waals surface area contributed by atoms with Crippen LogP contribution >= 0.6 is 0 Å². The summed E-state index contributed by atoms with van der Waals surface area (Å²) < 4.78 is 16.7. The average molecular weight is 476 g/mol. The van der Waals surface area contributed by atoms with Gasteiger partial charge in [0.15, 0.2) is 11.5 Å². The molecule has 0 aliphatic rings. The van der Waals surface area contributed by atoms with Crippen molar-refractivity contribution in [1.29, 1.82) is 0 Å². The fourth-order valence-corrected chi connectivity index (χ4v) is 3.09. The second-order valence-electron chi connectivity index (χ2n) is 7.48. The molecule has 0 radical (unpaired) electrons. The van der Waals surface area contributed by atoms with E-state index in [0.29, 0.717) is 36.1 Å². The van der Waals surface area contributed by atoms with Crippen molar-refractivity contribution in [2.24, 2.45) is 5.10 Å². The number of carbonyl (C=O) groups excluding carboxylic acids is 2. The summed E-state index contributed by atoms with van der Waals surface area (Å²) in [5.41, 5.74) is 4.87. The molecule has 2 N–H and O–H groups in total. The molecular formula is C27H29N3O5. The minimum atomic E-state index is -0.362. The predicted octanol–water partition coefficient (Wildman–Crippen LogP) is 4.54. The highest BCUT2D eigenvalue weighted by Crippen LogP contribution is 2.29. The van der Waals surface area contributed by atoms with Gasteiger partial charge in [0.05, 0.1) is 19.9 Å². The van der Waals surface area contributed by atoms with E-state index < -0.39 is 0 Å². The topological polar surface area (TPSA) is 98.2 Å². The Bertz CT molecular complexity index is 1130. The molecule has 0 aromatic heterocycles. The number of benzene rings is 3. The largest absolute Gasteiger partial charge is 0.497 e. The summed E-state index contributed by atoms with van der Waals surface area (Å²) in [5, 5.41) is 6.72. The minimum Gasteiger partial charge on any atom is -0.497 e. The zero-order valence-corrected chi connectivity index (χ0v) is 19.8. The Balaban J connectivity index is 1.47. The Hall–Kier alpha value is -4.33. The van der Waals surface area contributed by atoms with Crippen molar-refractivity contribution in [1.82, 2.24) is 5.43 Å². The first-order valence-electron chi connectivity index (χ1n) is 11.3. The van der Waals surface area contributed by atoms with Crippen molar-refractivity contribution < 1.29 is 23.8 Å². The predicted molar refractivity (Wildman–Crippen MR) is 135 cm³/mol. The van der Waals surface area contributed by atoms with E-state index in [-0.39, 0.29) is 24.7 Å². The molecule has 0 saturated heterocycles. The van der Waals surface area contributed by atoms with Gasteiger partial charge in [0.25, 0.3) is 0 Å². The van der Waals surface area contributed by atoms with Gasteiger partial charge in [0.1, 0.15) is 12.4 Å². The lowest BCUT2D eigenvalue weighted by molar-refractivity contribution is -0.124. The second kappa shape index (κ2) is 13.4. The lowest BCUT2D eigenvalue weighted by Crippen LogP contribution is -2.20. The monoisotopic (exact) mass is 475 g/mol. The summed E-state index contributed by atoms with van der Waals surface area (Å²) >= 11 is 0. The SMILES string of the molecule is CCOc1cc(C=NNC(=O)CCC(=O)Nc2ccc(OC)cc2)ccc1OCc1ccccc1. The summed E-state index contributed by atoms with van der Waals surface area (Å²) in [6.07, 6.45) is 1.56. The van der Waals surface area contributed by atoms with E-state index >= 15 is 0 Å². The van der Waals surface area contributed by atoms with Crippen LogP contribution in [0.3, 0.4) is 0 Å². The highest BCUT2D eigenvalue weighted by Gasteiger charge is 2.08. The van der Waals surface area contributed by atoms with Crippen LogP contribution in [0.5, 0.6) is 17.2 Å². The van der Waals surface area contributed by atoms with Crippen molar-refractivity contribution in [2.75, 3.05) is 19.0 Å². The molecule has 3 aromatic carbocycles. The average Bonchev–Trinajstić information content (AvgIpc) is 2.88. The lowest BCUT2D eigenvalue weighted by atomic mass is 10.2. The van der Waals surface area contributed by atoms with Crippen LogP contribution in [0.25, 0.3) is 0 Å². The number of methoxy groups -OCH3 is 1. The van der Waals surface area contributed by atoms with Crippen LogP contribution in [0.1, 0.15) is 30.9 Å². The first-order valence-corrected chi connectivity index (χ1v) is 11.3. The normalized spacial score (nSPS) is 10.6. The van der Waals surface area contributed by atoms with Gasteiger partial charge in [-0.2, -0.15) is 5.10 Å². The molecule has 0 unspecified atom stereocenters. The number of carbonyl (C=O) groups is 2. The highest BCUT2D eigenvalue weighted by molar-refractivity contribution is 5.93. The summed E-state index contributed by atoms with van der Waals surface area (Å²) in [6.45, 7) is 2.81. The summed E-state index contributed by atoms with van der Waals surface area (Å²) in [4.78, 5) is 24.1. The van der Waals surface area contributed by atoms with E-state index in [9.17, 15) is 9.59 Å². The van der Waals surface area contributed by atoms with E-state index in [1.807, 2.05) is 43.3 Å². The maximum atomic E-state index is 12.1. The smallest absolute Gasteiger partial charge is 0.240 e. The molecule has 2 amide bonds. The van der Waals surface area contributed by atoms with E-state index in [1.54, 1.807) is 43.5 Å². The molecule has 0 aliphatic carbocycles. The third-order valence-electron chi connectivity index (χ3n) is 4.86. The molecule has 8 nitrogen and oxygen atoms in total. The third-order valence-corrected chi connectivity index (χ3v) is 4.86. The van der Waals surface area contributed by atoms with Gasteiger partial charge >= 0.3 is 0 Å². The zero-order valence-electron chi connectivity index (χ0n) is 19.8. The molecule has 0 bridgehead atoms. The molecule has 0 spiro atoms. The molecule has 3 aromatic rings. The molecule has 35 heavy (non-hydrogen) atoms. The molecule has 0 heterocycles. The molecule has 0 aliphatic heterocycles. The Morgan fingerprint density at radius 2 is 1.63 bits per heavy atom. The summed E-state index contributed by atoms with van der Waals surface area (Å²) in [5.74, 6) is 1.29. The number of amides is 2. The number of nitrogens with one attached hydrogen (secondary N) is 2. The van der Waals surface area contributed by atoms with E-state index in [4.69, 9.17) is 14.2 Å². The van der Waals surface area contributed by atoms with Crippen LogP contribution in [0.4, 0.5) is 5.69 Å². The number of hydrogen-bond donors (Lipinski definition) is 2. The van der Waals surface area contributed by atoms with Gasteiger partial charge in [-0.15, -0.1) is 0 Å². The van der Waals surface area contributed by atoms with Gasteiger partial charge in [-0.25, -0.2) is 5.43 Å².